The third-order valence-corrected chi connectivity index (χ3v) is 9.13. The topological polar surface area (TPSA) is 125 Å². The van der Waals surface area contributed by atoms with E-state index in [1.54, 1.807) is 30.3 Å². The Bertz CT molecular complexity index is 1350. The van der Waals surface area contributed by atoms with Crippen LogP contribution in [0.5, 0.6) is 0 Å². The van der Waals surface area contributed by atoms with Crippen LogP contribution in [0.25, 0.3) is 0 Å². The zero-order valence-electron chi connectivity index (χ0n) is 22.2. The fourth-order valence-electron chi connectivity index (χ4n) is 5.57. The first-order chi connectivity index (χ1) is 19.7. The Morgan fingerprint density at radius 2 is 1.95 bits per heavy atom. The van der Waals surface area contributed by atoms with Crippen LogP contribution in [-0.2, 0) is 25.5 Å². The van der Waals surface area contributed by atoms with Crippen molar-refractivity contribution in [3.8, 4) is 0 Å². The normalized spacial score (nSPS) is 24.0. The number of likely N-dealkylation sites (tertiary alicyclic amines) is 1. The minimum Gasteiger partial charge on any atom is -0.481 e. The molecule has 2 atom stereocenters. The van der Waals surface area contributed by atoms with Crippen molar-refractivity contribution in [2.45, 2.75) is 61.7 Å². The first-order valence-corrected chi connectivity index (χ1v) is 15.0. The average molecular weight is 604 g/mol. The summed E-state index contributed by atoms with van der Waals surface area (Å²) in [6.07, 6.45) is 1.37. The monoisotopic (exact) mass is 603 g/mol. The van der Waals surface area contributed by atoms with E-state index in [0.29, 0.717) is 48.2 Å². The van der Waals surface area contributed by atoms with E-state index in [-0.39, 0.29) is 66.6 Å². The van der Waals surface area contributed by atoms with Crippen LogP contribution in [0.4, 0.5) is 15.8 Å². The van der Waals surface area contributed by atoms with E-state index in [2.05, 4.69) is 10.6 Å². The van der Waals surface area contributed by atoms with Crippen molar-refractivity contribution in [2.24, 2.45) is 5.92 Å². The second-order valence-electron chi connectivity index (χ2n) is 10.6. The molecule has 0 bridgehead atoms. The number of hydrogen-bond acceptors (Lipinski definition) is 6. The number of nitrogens with one attached hydrogen (secondary N) is 2. The fraction of sp³-hybridized carbons (Fsp3) is 0.448. The third kappa shape index (κ3) is 7.02. The van der Waals surface area contributed by atoms with Gasteiger partial charge in [0.25, 0.3) is 5.91 Å². The van der Waals surface area contributed by atoms with E-state index in [0.717, 1.165) is 4.90 Å². The molecular weight excluding hydrogens is 573 g/mol. The van der Waals surface area contributed by atoms with Crippen molar-refractivity contribution in [3.63, 3.8) is 0 Å². The number of aliphatic carboxylic acids is 1. The minimum absolute atomic E-state index is 0.00326. The van der Waals surface area contributed by atoms with Gasteiger partial charge in [-0.1, -0.05) is 23.7 Å². The van der Waals surface area contributed by atoms with Crippen LogP contribution in [-0.4, -0.2) is 70.9 Å². The number of benzene rings is 2. The lowest BCUT2D eigenvalue weighted by Crippen LogP contribution is -2.40. The zero-order valence-corrected chi connectivity index (χ0v) is 23.8. The summed E-state index contributed by atoms with van der Waals surface area (Å²) in [6.45, 7) is 0.207. The lowest BCUT2D eigenvalue weighted by Gasteiger charge is -2.29. The van der Waals surface area contributed by atoms with Gasteiger partial charge in [-0.05, 0) is 55.5 Å². The molecule has 9 nitrogen and oxygen atoms in total. The molecule has 1 aliphatic carbocycles. The van der Waals surface area contributed by atoms with Crippen LogP contribution < -0.4 is 10.6 Å². The lowest BCUT2D eigenvalue weighted by molar-refractivity contribution is -0.144. The van der Waals surface area contributed by atoms with Crippen LogP contribution in [0.2, 0.25) is 5.02 Å². The first kappa shape index (κ1) is 29.3. The molecule has 3 aliphatic rings. The minimum atomic E-state index is -1.14. The Kier molecular flexibility index (Phi) is 9.16. The average Bonchev–Trinajstić information content (AvgIpc) is 3.33. The number of fused-ring (bicyclic) bond motifs is 1. The van der Waals surface area contributed by atoms with Crippen molar-refractivity contribution >= 4 is 58.4 Å². The van der Waals surface area contributed by atoms with Crippen LogP contribution in [0, 0.1) is 5.92 Å². The molecule has 5 rings (SSSR count). The standard InChI is InChI=1S/C29H31ClFN3O6S/c30-22-10-16(4-9-23(22)32-28(37)21-2-1-3-24-27(21)33-25(35)15-41-24)11-26(36)34-13-18(31)12-19(34)14-40-20-7-5-17(6-8-20)29(38)39/h1-4,9-10,17-20H,5-8,11-15H2,(H,32,37)(H,33,35)(H,38,39)/t17-,18-,19-,20-/m0/s1. The third-order valence-electron chi connectivity index (χ3n) is 7.76. The highest BCUT2D eigenvalue weighted by Gasteiger charge is 2.36. The number of thioether (sulfide) groups is 1. The van der Waals surface area contributed by atoms with Crippen molar-refractivity contribution in [1.29, 1.82) is 0 Å². The molecule has 1 saturated heterocycles. The molecule has 41 heavy (non-hydrogen) atoms. The maximum Gasteiger partial charge on any atom is 0.306 e. The van der Waals surface area contributed by atoms with Gasteiger partial charge in [0, 0.05) is 11.3 Å². The number of hydrogen-bond donors (Lipinski definition) is 3. The van der Waals surface area contributed by atoms with Crippen LogP contribution >= 0.6 is 23.4 Å². The van der Waals surface area contributed by atoms with Gasteiger partial charge in [-0.2, -0.15) is 0 Å². The van der Waals surface area contributed by atoms with Crippen LogP contribution in [0.15, 0.2) is 41.3 Å². The van der Waals surface area contributed by atoms with Gasteiger partial charge in [-0.25, -0.2) is 4.39 Å². The quantitative estimate of drug-likeness (QED) is 0.397. The number of amides is 3. The summed E-state index contributed by atoms with van der Waals surface area (Å²) in [7, 11) is 0. The van der Waals surface area contributed by atoms with Crippen LogP contribution in [0.3, 0.4) is 0 Å². The Morgan fingerprint density at radius 1 is 1.17 bits per heavy atom. The zero-order chi connectivity index (χ0) is 29.1. The summed E-state index contributed by atoms with van der Waals surface area (Å²) in [5, 5.41) is 14.9. The number of halogens is 2. The van der Waals surface area contributed by atoms with Gasteiger partial charge in [-0.3, -0.25) is 19.2 Å². The van der Waals surface area contributed by atoms with Gasteiger partial charge in [0.2, 0.25) is 11.8 Å². The Morgan fingerprint density at radius 3 is 2.68 bits per heavy atom. The Balaban J connectivity index is 1.18. The van der Waals surface area contributed by atoms with Crippen molar-refractivity contribution in [1.82, 2.24) is 4.90 Å². The number of carboxylic acids is 1. The molecule has 0 radical (unpaired) electrons. The molecule has 2 fully saturated rings. The van der Waals surface area contributed by atoms with Crippen LogP contribution in [0.1, 0.15) is 48.0 Å². The van der Waals surface area contributed by atoms with E-state index in [1.165, 1.54) is 16.7 Å². The molecule has 2 aromatic carbocycles. The molecule has 2 heterocycles. The second kappa shape index (κ2) is 12.8. The van der Waals surface area contributed by atoms with Crippen molar-refractivity contribution in [2.75, 3.05) is 29.5 Å². The highest BCUT2D eigenvalue weighted by Crippen LogP contribution is 2.35. The highest BCUT2D eigenvalue weighted by molar-refractivity contribution is 8.00. The molecule has 0 unspecified atom stereocenters. The molecule has 0 spiro atoms. The van der Waals surface area contributed by atoms with E-state index in [4.69, 9.17) is 16.3 Å². The summed E-state index contributed by atoms with van der Waals surface area (Å²) in [4.78, 5) is 51.5. The smallest absolute Gasteiger partial charge is 0.306 e. The highest BCUT2D eigenvalue weighted by atomic mass is 35.5. The number of anilines is 2. The lowest BCUT2D eigenvalue weighted by atomic mass is 9.87. The molecule has 1 saturated carbocycles. The molecule has 12 heteroatoms. The van der Waals surface area contributed by atoms with Gasteiger partial charge in [0.1, 0.15) is 6.17 Å². The molecule has 2 aliphatic heterocycles. The molecule has 0 aromatic heterocycles. The number of alkyl halides is 1. The molecular formula is C29H31ClFN3O6S. The first-order valence-electron chi connectivity index (χ1n) is 13.6. The maximum absolute atomic E-state index is 14.3. The van der Waals surface area contributed by atoms with Gasteiger partial charge in [0.05, 0.1) is 65.3 Å². The number of ether oxygens (including phenoxy) is 1. The second-order valence-corrected chi connectivity index (χ2v) is 12.1. The number of carbonyl (C=O) groups excluding carboxylic acids is 3. The summed E-state index contributed by atoms with van der Waals surface area (Å²) in [6, 6.07) is 9.72. The summed E-state index contributed by atoms with van der Waals surface area (Å²) >= 11 is 7.82. The number of rotatable bonds is 8. The largest absolute Gasteiger partial charge is 0.481 e. The van der Waals surface area contributed by atoms with Crippen molar-refractivity contribution < 1.29 is 33.4 Å². The molecule has 3 N–H and O–H groups in total. The Hall–Kier alpha value is -3.15. The number of para-hydroxylation sites is 1. The van der Waals surface area contributed by atoms with Gasteiger partial charge in [0.15, 0.2) is 0 Å². The molecule has 218 valence electrons. The maximum atomic E-state index is 14.3. The van der Waals surface area contributed by atoms with E-state index >= 15 is 0 Å². The summed E-state index contributed by atoms with van der Waals surface area (Å²) in [5.74, 6) is -1.69. The van der Waals surface area contributed by atoms with E-state index < -0.39 is 18.0 Å². The van der Waals surface area contributed by atoms with Crippen molar-refractivity contribution in [3.05, 3.63) is 52.5 Å². The Labute approximate surface area is 246 Å². The van der Waals surface area contributed by atoms with E-state index in [9.17, 15) is 28.7 Å². The summed E-state index contributed by atoms with van der Waals surface area (Å²) in [5.41, 5.74) is 1.76. The van der Waals surface area contributed by atoms with E-state index in [1.807, 2.05) is 6.07 Å². The fourth-order valence-corrected chi connectivity index (χ4v) is 6.66. The number of nitrogens with zero attached hydrogens (tertiary/aromatic N) is 1. The van der Waals surface area contributed by atoms with Gasteiger partial charge < -0.3 is 25.4 Å². The predicted octanol–water partition coefficient (Wildman–Crippen LogP) is 4.78. The van der Waals surface area contributed by atoms with Gasteiger partial charge in [-0.15, -0.1) is 11.8 Å². The molecule has 3 amide bonds. The molecule has 2 aromatic rings. The predicted molar refractivity (Wildman–Crippen MR) is 153 cm³/mol. The number of carboxylic acid groups (broad SMARTS) is 1. The number of carbonyl (C=O) groups is 4. The summed E-state index contributed by atoms with van der Waals surface area (Å²) < 4.78 is 20.3. The van der Waals surface area contributed by atoms with Gasteiger partial charge >= 0.3 is 5.97 Å². The SMILES string of the molecule is O=C1CSc2cccc(C(=O)Nc3ccc(CC(=O)N4C[C@@H](F)C[C@H]4CO[C@H]4CC[C@H](C(=O)O)CC4)cc3Cl)c2N1.